The average Bonchev–Trinajstić information content (AvgIpc) is 2.78. The molecule has 0 bridgehead atoms. The van der Waals surface area contributed by atoms with Crippen molar-refractivity contribution in [2.45, 2.75) is 20.0 Å². The lowest BCUT2D eigenvalue weighted by Crippen LogP contribution is -2.18. The number of methoxy groups -OCH3 is 1. The molecule has 2 aromatic rings. The number of aromatic nitrogens is 2. The molecular weight excluding hydrogens is 337 g/mol. The maximum Gasteiger partial charge on any atom is 0.124 e. The Hall–Kier alpha value is -1.24. The van der Waals surface area contributed by atoms with Gasteiger partial charge in [-0.05, 0) is 24.6 Å². The van der Waals surface area contributed by atoms with Crippen molar-refractivity contribution in [3.8, 4) is 0 Å². The van der Waals surface area contributed by atoms with E-state index in [2.05, 4.69) is 26.3 Å². The molecule has 6 heteroatoms. The molecule has 21 heavy (non-hydrogen) atoms. The van der Waals surface area contributed by atoms with Crippen molar-refractivity contribution in [3.63, 3.8) is 0 Å². The van der Waals surface area contributed by atoms with Crippen molar-refractivity contribution >= 4 is 15.9 Å². The molecule has 0 spiro atoms. The Morgan fingerprint density at radius 1 is 1.38 bits per heavy atom. The number of ether oxygens (including phenoxy) is 1. The van der Waals surface area contributed by atoms with Crippen LogP contribution < -0.4 is 5.32 Å². The largest absolute Gasteiger partial charge is 0.383 e. The molecule has 0 radical (unpaired) electrons. The molecule has 0 aliphatic carbocycles. The van der Waals surface area contributed by atoms with Gasteiger partial charge in [-0.15, -0.1) is 0 Å². The van der Waals surface area contributed by atoms with E-state index in [9.17, 15) is 4.39 Å². The minimum atomic E-state index is -0.245. The third-order valence-electron chi connectivity index (χ3n) is 3.19. The molecule has 0 fully saturated rings. The quantitative estimate of drug-likeness (QED) is 0.776. The van der Waals surface area contributed by atoms with Crippen molar-refractivity contribution < 1.29 is 9.13 Å². The maximum atomic E-state index is 13.1. The summed E-state index contributed by atoms with van der Waals surface area (Å²) in [7, 11) is 1.69. The van der Waals surface area contributed by atoms with Gasteiger partial charge in [0, 0.05) is 36.4 Å². The van der Waals surface area contributed by atoms with E-state index < -0.39 is 0 Å². The molecule has 4 nitrogen and oxygen atoms in total. The summed E-state index contributed by atoms with van der Waals surface area (Å²) < 4.78 is 20.7. The molecule has 1 aromatic heterocycles. The monoisotopic (exact) mass is 355 g/mol. The SMILES string of the molecule is COCCNCc1cn(Cc2ccc(F)cc2Br)nc1C. The molecule has 0 aliphatic heterocycles. The van der Waals surface area contributed by atoms with Gasteiger partial charge in [0.05, 0.1) is 18.8 Å². The minimum Gasteiger partial charge on any atom is -0.383 e. The van der Waals surface area contributed by atoms with E-state index in [0.29, 0.717) is 13.2 Å². The van der Waals surface area contributed by atoms with Crippen LogP contribution in [0, 0.1) is 12.7 Å². The standard InChI is InChI=1S/C15H19BrFN3O/c1-11-13(8-18-5-6-21-2)10-20(19-11)9-12-3-4-14(17)7-15(12)16/h3-4,7,10,18H,5-6,8-9H2,1-2H3. The Balaban J connectivity index is 2.01. The van der Waals surface area contributed by atoms with Gasteiger partial charge < -0.3 is 10.1 Å². The van der Waals surface area contributed by atoms with Crippen LogP contribution in [0.5, 0.6) is 0 Å². The number of rotatable bonds is 7. The molecule has 0 amide bonds. The molecule has 1 N–H and O–H groups in total. The van der Waals surface area contributed by atoms with Crippen LogP contribution in [0.1, 0.15) is 16.8 Å². The van der Waals surface area contributed by atoms with Crippen LogP contribution >= 0.6 is 15.9 Å². The van der Waals surface area contributed by atoms with Crippen molar-refractivity contribution in [2.75, 3.05) is 20.3 Å². The molecule has 1 aromatic carbocycles. The van der Waals surface area contributed by atoms with E-state index in [-0.39, 0.29) is 5.82 Å². The van der Waals surface area contributed by atoms with E-state index in [0.717, 1.165) is 34.4 Å². The van der Waals surface area contributed by atoms with Crippen LogP contribution in [0.25, 0.3) is 0 Å². The first kappa shape index (κ1) is 16.1. The summed E-state index contributed by atoms with van der Waals surface area (Å²) in [5.74, 6) is -0.245. The summed E-state index contributed by atoms with van der Waals surface area (Å²) in [5.41, 5.74) is 3.15. The molecule has 114 valence electrons. The number of benzene rings is 1. The molecule has 0 atom stereocenters. The number of aryl methyl sites for hydroxylation is 1. The predicted molar refractivity (Wildman–Crippen MR) is 83.7 cm³/mol. The van der Waals surface area contributed by atoms with Crippen LogP contribution in [0.3, 0.4) is 0 Å². The first-order chi connectivity index (χ1) is 10.1. The Bertz CT molecular complexity index is 601. The van der Waals surface area contributed by atoms with Gasteiger partial charge in [0.25, 0.3) is 0 Å². The number of nitrogens with one attached hydrogen (secondary N) is 1. The van der Waals surface area contributed by atoms with E-state index in [1.165, 1.54) is 12.1 Å². The van der Waals surface area contributed by atoms with Crippen LogP contribution in [-0.4, -0.2) is 30.0 Å². The topological polar surface area (TPSA) is 39.1 Å². The fourth-order valence-electron chi connectivity index (χ4n) is 2.04. The number of hydrogen-bond donors (Lipinski definition) is 1. The molecule has 0 unspecified atom stereocenters. The van der Waals surface area contributed by atoms with E-state index in [1.807, 2.05) is 17.8 Å². The highest BCUT2D eigenvalue weighted by Gasteiger charge is 2.07. The van der Waals surface area contributed by atoms with Gasteiger partial charge in [-0.2, -0.15) is 5.10 Å². The van der Waals surface area contributed by atoms with Crippen molar-refractivity contribution in [1.82, 2.24) is 15.1 Å². The normalized spacial score (nSPS) is 11.0. The van der Waals surface area contributed by atoms with Gasteiger partial charge in [-0.1, -0.05) is 22.0 Å². The van der Waals surface area contributed by atoms with Crippen LogP contribution in [0.15, 0.2) is 28.9 Å². The highest BCUT2D eigenvalue weighted by molar-refractivity contribution is 9.10. The average molecular weight is 356 g/mol. The summed E-state index contributed by atoms with van der Waals surface area (Å²) >= 11 is 3.38. The second-order valence-electron chi connectivity index (χ2n) is 4.84. The van der Waals surface area contributed by atoms with Gasteiger partial charge in [0.1, 0.15) is 5.82 Å². The third-order valence-corrected chi connectivity index (χ3v) is 3.93. The maximum absolute atomic E-state index is 13.1. The lowest BCUT2D eigenvalue weighted by Gasteiger charge is -2.05. The highest BCUT2D eigenvalue weighted by Crippen LogP contribution is 2.19. The smallest absolute Gasteiger partial charge is 0.124 e. The summed E-state index contributed by atoms with van der Waals surface area (Å²) in [6, 6.07) is 4.70. The molecular formula is C15H19BrFN3O. The van der Waals surface area contributed by atoms with Crippen LogP contribution in [-0.2, 0) is 17.8 Å². The lowest BCUT2D eigenvalue weighted by atomic mass is 10.2. The van der Waals surface area contributed by atoms with Gasteiger partial charge >= 0.3 is 0 Å². The molecule has 0 saturated heterocycles. The molecule has 1 heterocycles. The van der Waals surface area contributed by atoms with E-state index in [1.54, 1.807) is 13.2 Å². The Labute approximate surface area is 132 Å². The first-order valence-electron chi connectivity index (χ1n) is 6.76. The summed E-state index contributed by atoms with van der Waals surface area (Å²) in [5, 5.41) is 7.80. The fraction of sp³-hybridized carbons (Fsp3) is 0.400. The fourth-order valence-corrected chi connectivity index (χ4v) is 2.51. The first-order valence-corrected chi connectivity index (χ1v) is 7.56. The zero-order valence-corrected chi connectivity index (χ0v) is 13.8. The van der Waals surface area contributed by atoms with Gasteiger partial charge in [0.15, 0.2) is 0 Å². The second-order valence-corrected chi connectivity index (χ2v) is 5.70. The summed E-state index contributed by atoms with van der Waals surface area (Å²) in [6.45, 7) is 4.86. The van der Waals surface area contributed by atoms with Gasteiger partial charge in [0.2, 0.25) is 0 Å². The Kier molecular flexibility index (Phi) is 5.90. The molecule has 0 saturated carbocycles. The molecule has 2 rings (SSSR count). The second kappa shape index (κ2) is 7.68. The Morgan fingerprint density at radius 3 is 2.90 bits per heavy atom. The van der Waals surface area contributed by atoms with Gasteiger partial charge in [-0.3, -0.25) is 4.68 Å². The van der Waals surface area contributed by atoms with Crippen molar-refractivity contribution in [2.24, 2.45) is 0 Å². The van der Waals surface area contributed by atoms with Gasteiger partial charge in [-0.25, -0.2) is 4.39 Å². The van der Waals surface area contributed by atoms with Crippen molar-refractivity contribution in [3.05, 3.63) is 51.5 Å². The highest BCUT2D eigenvalue weighted by atomic mass is 79.9. The number of hydrogen-bond acceptors (Lipinski definition) is 3. The van der Waals surface area contributed by atoms with Crippen LogP contribution in [0.4, 0.5) is 4.39 Å². The summed E-state index contributed by atoms with van der Waals surface area (Å²) in [6.07, 6.45) is 2.02. The molecule has 0 aliphatic rings. The number of halogens is 2. The predicted octanol–water partition coefficient (Wildman–Crippen LogP) is 2.88. The third kappa shape index (κ3) is 4.62. The summed E-state index contributed by atoms with van der Waals surface area (Å²) in [4.78, 5) is 0. The Morgan fingerprint density at radius 2 is 2.19 bits per heavy atom. The zero-order chi connectivity index (χ0) is 15.2. The van der Waals surface area contributed by atoms with E-state index >= 15 is 0 Å². The van der Waals surface area contributed by atoms with Crippen LogP contribution in [0.2, 0.25) is 0 Å². The lowest BCUT2D eigenvalue weighted by molar-refractivity contribution is 0.199. The van der Waals surface area contributed by atoms with E-state index in [4.69, 9.17) is 4.74 Å². The number of nitrogens with zero attached hydrogens (tertiary/aromatic N) is 2. The zero-order valence-electron chi connectivity index (χ0n) is 12.2. The van der Waals surface area contributed by atoms with Crippen molar-refractivity contribution in [1.29, 1.82) is 0 Å². The minimum absolute atomic E-state index is 0.245.